The number of anilines is 2. The van der Waals surface area contributed by atoms with Crippen LogP contribution < -0.4 is 4.90 Å². The zero-order valence-corrected chi connectivity index (χ0v) is 16.4. The van der Waals surface area contributed by atoms with Crippen molar-refractivity contribution in [3.05, 3.63) is 84.7 Å². The van der Waals surface area contributed by atoms with Crippen LogP contribution in [-0.4, -0.2) is 26.6 Å². The van der Waals surface area contributed by atoms with E-state index in [-0.39, 0.29) is 0 Å². The zero-order valence-electron chi connectivity index (χ0n) is 16.4. The van der Waals surface area contributed by atoms with E-state index in [2.05, 4.69) is 15.2 Å². The fourth-order valence-corrected chi connectivity index (χ4v) is 3.63. The average molecular weight is 419 g/mol. The van der Waals surface area contributed by atoms with Crippen LogP contribution in [0.25, 0.3) is 27.8 Å². The van der Waals surface area contributed by atoms with E-state index in [1.807, 2.05) is 64.9 Å². The maximum absolute atomic E-state index is 12.9. The second kappa shape index (κ2) is 7.09. The minimum absolute atomic E-state index is 0.486. The Morgan fingerprint density at radius 3 is 2.42 bits per heavy atom. The van der Waals surface area contributed by atoms with Gasteiger partial charge < -0.3 is 4.90 Å². The molecule has 0 spiro atoms. The first-order valence-electron chi connectivity index (χ1n) is 9.52. The van der Waals surface area contributed by atoms with Gasteiger partial charge in [-0.15, -0.1) is 10.2 Å². The molecule has 3 aromatic carbocycles. The van der Waals surface area contributed by atoms with Gasteiger partial charge in [-0.2, -0.15) is 18.2 Å². The fourth-order valence-electron chi connectivity index (χ4n) is 3.63. The summed E-state index contributed by atoms with van der Waals surface area (Å²) in [5.74, 6) is 1.19. The van der Waals surface area contributed by atoms with Gasteiger partial charge in [0.05, 0.1) is 11.1 Å². The van der Waals surface area contributed by atoms with Gasteiger partial charge in [-0.05, 0) is 47.5 Å². The van der Waals surface area contributed by atoms with Gasteiger partial charge in [0, 0.05) is 18.1 Å². The molecule has 2 aromatic heterocycles. The van der Waals surface area contributed by atoms with Crippen LogP contribution in [0.3, 0.4) is 0 Å². The van der Waals surface area contributed by atoms with E-state index in [0.29, 0.717) is 17.2 Å². The SMILES string of the molecule is CN(c1cccc(-c2ccc(C(F)(F)F)cc2)c1)c1nc2nncn2c2ccccc12. The van der Waals surface area contributed by atoms with E-state index < -0.39 is 11.7 Å². The molecule has 2 heterocycles. The summed E-state index contributed by atoms with van der Waals surface area (Å²) in [6.45, 7) is 0. The number of aromatic nitrogens is 4. The topological polar surface area (TPSA) is 46.3 Å². The number of para-hydroxylation sites is 1. The van der Waals surface area contributed by atoms with Crippen LogP contribution in [0, 0.1) is 0 Å². The van der Waals surface area contributed by atoms with Crippen molar-refractivity contribution in [2.45, 2.75) is 6.18 Å². The highest BCUT2D eigenvalue weighted by atomic mass is 19.4. The Morgan fingerprint density at radius 2 is 1.65 bits per heavy atom. The van der Waals surface area contributed by atoms with Crippen LogP contribution in [0.2, 0.25) is 0 Å². The lowest BCUT2D eigenvalue weighted by molar-refractivity contribution is -0.137. The number of benzene rings is 3. The first-order chi connectivity index (χ1) is 14.9. The zero-order chi connectivity index (χ0) is 21.6. The summed E-state index contributed by atoms with van der Waals surface area (Å²) in [6.07, 6.45) is -2.73. The molecule has 0 radical (unpaired) electrons. The van der Waals surface area contributed by atoms with Crippen molar-refractivity contribution in [3.63, 3.8) is 0 Å². The summed E-state index contributed by atoms with van der Waals surface area (Å²) < 4.78 is 40.4. The lowest BCUT2D eigenvalue weighted by Crippen LogP contribution is -2.13. The number of fused-ring (bicyclic) bond motifs is 3. The summed E-state index contributed by atoms with van der Waals surface area (Å²) in [5.41, 5.74) is 2.62. The van der Waals surface area contributed by atoms with Crippen molar-refractivity contribution in [1.29, 1.82) is 0 Å². The number of hydrogen-bond donors (Lipinski definition) is 0. The van der Waals surface area contributed by atoms with Crippen molar-refractivity contribution >= 4 is 28.2 Å². The quantitative estimate of drug-likeness (QED) is 0.375. The van der Waals surface area contributed by atoms with Gasteiger partial charge >= 0.3 is 6.18 Å². The Bertz CT molecular complexity index is 1390. The molecule has 0 saturated carbocycles. The van der Waals surface area contributed by atoms with Crippen molar-refractivity contribution in [2.24, 2.45) is 0 Å². The van der Waals surface area contributed by atoms with Gasteiger partial charge in [0.15, 0.2) is 0 Å². The minimum Gasteiger partial charge on any atom is -0.329 e. The lowest BCUT2D eigenvalue weighted by atomic mass is 10.0. The second-order valence-electron chi connectivity index (χ2n) is 7.14. The third kappa shape index (κ3) is 3.35. The Hall–Kier alpha value is -3.94. The molecule has 5 nitrogen and oxygen atoms in total. The van der Waals surface area contributed by atoms with Crippen molar-refractivity contribution in [1.82, 2.24) is 19.6 Å². The van der Waals surface area contributed by atoms with Gasteiger partial charge in [-0.3, -0.25) is 4.40 Å². The highest BCUT2D eigenvalue weighted by molar-refractivity contribution is 5.93. The summed E-state index contributed by atoms with van der Waals surface area (Å²) >= 11 is 0. The van der Waals surface area contributed by atoms with E-state index >= 15 is 0 Å². The third-order valence-electron chi connectivity index (χ3n) is 5.24. The Balaban J connectivity index is 1.57. The van der Waals surface area contributed by atoms with E-state index in [0.717, 1.165) is 34.3 Å². The normalized spacial score (nSPS) is 11.9. The van der Waals surface area contributed by atoms with Crippen molar-refractivity contribution < 1.29 is 13.2 Å². The smallest absolute Gasteiger partial charge is 0.329 e. The Labute approximate surface area is 175 Å². The highest BCUT2D eigenvalue weighted by Gasteiger charge is 2.30. The Morgan fingerprint density at radius 1 is 0.871 bits per heavy atom. The molecular formula is C23H16F3N5. The summed E-state index contributed by atoms with van der Waals surface area (Å²) in [4.78, 5) is 6.61. The van der Waals surface area contributed by atoms with Crippen LogP contribution in [0.15, 0.2) is 79.1 Å². The van der Waals surface area contributed by atoms with Crippen molar-refractivity contribution in [3.8, 4) is 11.1 Å². The molecule has 0 aliphatic carbocycles. The van der Waals surface area contributed by atoms with Gasteiger partial charge in [-0.25, -0.2) is 0 Å². The molecule has 8 heteroatoms. The predicted molar refractivity (Wildman–Crippen MR) is 113 cm³/mol. The summed E-state index contributed by atoms with van der Waals surface area (Å²) in [5, 5.41) is 8.96. The molecular weight excluding hydrogens is 403 g/mol. The monoisotopic (exact) mass is 419 g/mol. The van der Waals surface area contributed by atoms with Crippen LogP contribution >= 0.6 is 0 Å². The first-order valence-corrected chi connectivity index (χ1v) is 9.52. The molecule has 0 aliphatic heterocycles. The van der Waals surface area contributed by atoms with Crippen LogP contribution in [0.1, 0.15) is 5.56 Å². The average Bonchev–Trinajstić information content (AvgIpc) is 3.27. The summed E-state index contributed by atoms with van der Waals surface area (Å²) in [7, 11) is 1.90. The molecule has 0 unspecified atom stereocenters. The molecule has 154 valence electrons. The van der Waals surface area contributed by atoms with Crippen LogP contribution in [-0.2, 0) is 6.18 Å². The van der Waals surface area contributed by atoms with Crippen LogP contribution in [0.4, 0.5) is 24.7 Å². The predicted octanol–water partition coefficient (Wildman–Crippen LogP) is 5.73. The van der Waals surface area contributed by atoms with E-state index in [4.69, 9.17) is 0 Å². The van der Waals surface area contributed by atoms with Gasteiger partial charge in [0.25, 0.3) is 5.78 Å². The van der Waals surface area contributed by atoms with Crippen molar-refractivity contribution in [2.75, 3.05) is 11.9 Å². The highest BCUT2D eigenvalue weighted by Crippen LogP contribution is 2.34. The molecule has 0 atom stereocenters. The number of hydrogen-bond acceptors (Lipinski definition) is 4. The number of rotatable bonds is 3. The van der Waals surface area contributed by atoms with E-state index in [1.54, 1.807) is 6.33 Å². The second-order valence-corrected chi connectivity index (χ2v) is 7.14. The van der Waals surface area contributed by atoms with Crippen LogP contribution in [0.5, 0.6) is 0 Å². The molecule has 31 heavy (non-hydrogen) atoms. The minimum atomic E-state index is -4.35. The molecule has 0 N–H and O–H groups in total. The summed E-state index contributed by atoms with van der Waals surface area (Å²) in [6, 6.07) is 20.6. The molecule has 0 aliphatic rings. The maximum Gasteiger partial charge on any atom is 0.416 e. The fraction of sp³-hybridized carbons (Fsp3) is 0.0870. The van der Waals surface area contributed by atoms with Gasteiger partial charge in [-0.1, -0.05) is 36.4 Å². The first kappa shape index (κ1) is 19.0. The van der Waals surface area contributed by atoms with Gasteiger partial charge in [0.2, 0.25) is 0 Å². The number of nitrogens with zero attached hydrogens (tertiary/aromatic N) is 5. The third-order valence-corrected chi connectivity index (χ3v) is 5.24. The lowest BCUT2D eigenvalue weighted by Gasteiger charge is -2.21. The largest absolute Gasteiger partial charge is 0.416 e. The standard InChI is InChI=1S/C23H16F3N5/c1-30(21-19-7-2-3-8-20(19)31-14-27-29-22(31)28-21)18-6-4-5-16(13-18)15-9-11-17(12-10-15)23(24,25)26/h2-14H,1H3. The van der Waals surface area contributed by atoms with Gasteiger partial charge in [0.1, 0.15) is 12.1 Å². The molecule has 0 saturated heterocycles. The van der Waals surface area contributed by atoms with E-state index in [9.17, 15) is 13.2 Å². The molecule has 5 rings (SSSR count). The number of alkyl halides is 3. The molecule has 0 fully saturated rings. The Kier molecular flexibility index (Phi) is 4.35. The molecule has 0 amide bonds. The number of halogens is 3. The molecule has 5 aromatic rings. The maximum atomic E-state index is 12.9. The van der Waals surface area contributed by atoms with E-state index in [1.165, 1.54) is 12.1 Å². The molecule has 0 bridgehead atoms.